The number of hydrogen-bond acceptors (Lipinski definition) is 4. The van der Waals surface area contributed by atoms with Crippen molar-refractivity contribution in [2.24, 2.45) is 0 Å². The number of hydrogen-bond donors (Lipinski definition) is 1. The molecule has 0 heterocycles. The molecule has 1 N–H and O–H groups in total. The van der Waals surface area contributed by atoms with E-state index >= 15 is 0 Å². The van der Waals surface area contributed by atoms with E-state index in [4.69, 9.17) is 9.47 Å². The van der Waals surface area contributed by atoms with Gasteiger partial charge in [0.1, 0.15) is 0 Å². The van der Waals surface area contributed by atoms with E-state index in [1.54, 1.807) is 24.3 Å². The second-order valence-electron chi connectivity index (χ2n) is 3.31. The Bertz CT molecular complexity index is 352. The van der Waals surface area contributed by atoms with E-state index in [0.29, 0.717) is 11.5 Å². The summed E-state index contributed by atoms with van der Waals surface area (Å²) in [6, 6.07) is 6.93. The summed E-state index contributed by atoms with van der Waals surface area (Å²) < 4.78 is 10.5. The molecular weight excluding hydrogens is 210 g/mol. The van der Waals surface area contributed by atoms with Gasteiger partial charge in [-0.3, -0.25) is 4.84 Å². The highest BCUT2D eigenvalue weighted by Gasteiger charge is 2.10. The predicted molar refractivity (Wildman–Crippen MR) is 58.4 cm³/mol. The van der Waals surface area contributed by atoms with E-state index in [-0.39, 0.29) is 6.10 Å². The molecule has 0 saturated heterocycles. The maximum Gasteiger partial charge on any atom is 0.436 e. The van der Waals surface area contributed by atoms with Crippen molar-refractivity contribution in [3.63, 3.8) is 0 Å². The molecule has 0 spiro atoms. The summed E-state index contributed by atoms with van der Waals surface area (Å²) >= 11 is 0. The first-order valence-electron chi connectivity index (χ1n) is 4.90. The third-order valence-corrected chi connectivity index (χ3v) is 1.60. The van der Waals surface area contributed by atoms with E-state index in [9.17, 15) is 4.79 Å². The Morgan fingerprint density at radius 2 is 1.88 bits per heavy atom. The molecule has 0 radical (unpaired) electrons. The number of rotatable bonds is 4. The Balaban J connectivity index is 2.74. The van der Waals surface area contributed by atoms with Gasteiger partial charge in [0.25, 0.3) is 0 Å². The summed E-state index contributed by atoms with van der Waals surface area (Å²) in [6.07, 6.45) is -0.683. The molecule has 1 amide bonds. The number of carbonyl (C=O) groups excluding carboxylic acids is 1. The van der Waals surface area contributed by atoms with Gasteiger partial charge in [0.15, 0.2) is 11.5 Å². The number of nitrogens with one attached hydrogen (secondary N) is 1. The molecule has 0 aromatic heterocycles. The van der Waals surface area contributed by atoms with Crippen molar-refractivity contribution in [1.82, 2.24) is 5.48 Å². The van der Waals surface area contributed by atoms with E-state index in [0.717, 1.165) is 0 Å². The fourth-order valence-corrected chi connectivity index (χ4v) is 1.09. The van der Waals surface area contributed by atoms with Crippen molar-refractivity contribution < 1.29 is 19.1 Å². The van der Waals surface area contributed by atoms with Crippen LogP contribution in [0.15, 0.2) is 24.3 Å². The van der Waals surface area contributed by atoms with Gasteiger partial charge in [-0.15, -0.1) is 0 Å². The Morgan fingerprint density at radius 3 is 2.44 bits per heavy atom. The third-order valence-electron chi connectivity index (χ3n) is 1.60. The van der Waals surface area contributed by atoms with Crippen LogP contribution in [0.3, 0.4) is 0 Å². The average molecular weight is 225 g/mol. The SMILES string of the molecule is CONC(=O)Oc1ccccc1OC(C)C. The molecule has 5 nitrogen and oxygen atoms in total. The lowest BCUT2D eigenvalue weighted by Crippen LogP contribution is -2.25. The molecule has 0 atom stereocenters. The summed E-state index contributed by atoms with van der Waals surface area (Å²) in [5.74, 6) is 0.870. The minimum Gasteiger partial charge on any atom is -0.487 e. The van der Waals surface area contributed by atoms with Gasteiger partial charge >= 0.3 is 6.09 Å². The minimum atomic E-state index is -0.692. The van der Waals surface area contributed by atoms with Crippen LogP contribution < -0.4 is 15.0 Å². The summed E-state index contributed by atoms with van der Waals surface area (Å²) in [5.41, 5.74) is 2.06. The van der Waals surface area contributed by atoms with Crippen LogP contribution >= 0.6 is 0 Å². The van der Waals surface area contributed by atoms with Crippen molar-refractivity contribution in [3.05, 3.63) is 24.3 Å². The van der Waals surface area contributed by atoms with E-state index < -0.39 is 6.09 Å². The van der Waals surface area contributed by atoms with Crippen molar-refractivity contribution in [3.8, 4) is 11.5 Å². The predicted octanol–water partition coefficient (Wildman–Crippen LogP) is 2.12. The summed E-state index contributed by atoms with van der Waals surface area (Å²) in [6.45, 7) is 3.79. The van der Waals surface area contributed by atoms with Gasteiger partial charge in [0.05, 0.1) is 13.2 Å². The molecule has 0 fully saturated rings. The number of ether oxygens (including phenoxy) is 2. The second kappa shape index (κ2) is 5.97. The van der Waals surface area contributed by atoms with Crippen LogP contribution in [0.4, 0.5) is 4.79 Å². The summed E-state index contributed by atoms with van der Waals surface area (Å²) in [7, 11) is 1.33. The number of hydroxylamine groups is 1. The van der Waals surface area contributed by atoms with Crippen LogP contribution in [0.2, 0.25) is 0 Å². The highest BCUT2D eigenvalue weighted by Crippen LogP contribution is 2.27. The van der Waals surface area contributed by atoms with E-state index in [2.05, 4.69) is 10.3 Å². The number of benzene rings is 1. The van der Waals surface area contributed by atoms with Gasteiger partial charge in [-0.1, -0.05) is 12.1 Å². The van der Waals surface area contributed by atoms with Gasteiger partial charge in [-0.05, 0) is 26.0 Å². The lowest BCUT2D eigenvalue weighted by Gasteiger charge is -2.13. The fraction of sp³-hybridized carbons (Fsp3) is 0.364. The zero-order chi connectivity index (χ0) is 12.0. The average Bonchev–Trinajstić information content (AvgIpc) is 2.20. The highest BCUT2D eigenvalue weighted by atomic mass is 16.7. The Kier molecular flexibility index (Phi) is 4.60. The van der Waals surface area contributed by atoms with Crippen molar-refractivity contribution in [1.29, 1.82) is 0 Å². The molecular formula is C11H15NO4. The smallest absolute Gasteiger partial charge is 0.436 e. The van der Waals surface area contributed by atoms with Gasteiger partial charge < -0.3 is 9.47 Å². The Hall–Kier alpha value is -1.75. The summed E-state index contributed by atoms with van der Waals surface area (Å²) in [5, 5.41) is 0. The molecule has 0 aliphatic rings. The molecule has 0 bridgehead atoms. The van der Waals surface area contributed by atoms with Gasteiger partial charge in [0.2, 0.25) is 0 Å². The van der Waals surface area contributed by atoms with Gasteiger partial charge in [-0.25, -0.2) is 4.79 Å². The monoisotopic (exact) mass is 225 g/mol. The topological polar surface area (TPSA) is 56.8 Å². The first kappa shape index (κ1) is 12.3. The molecule has 5 heteroatoms. The van der Waals surface area contributed by atoms with Crippen LogP contribution in [0.25, 0.3) is 0 Å². The lowest BCUT2D eigenvalue weighted by atomic mass is 10.3. The zero-order valence-corrected chi connectivity index (χ0v) is 9.52. The number of para-hydroxylation sites is 2. The fourth-order valence-electron chi connectivity index (χ4n) is 1.09. The normalized spacial score (nSPS) is 10.0. The molecule has 0 aliphatic heterocycles. The van der Waals surface area contributed by atoms with Crippen LogP contribution in [0, 0.1) is 0 Å². The Labute approximate surface area is 94.3 Å². The van der Waals surface area contributed by atoms with Crippen LogP contribution in [0.1, 0.15) is 13.8 Å². The standard InChI is InChI=1S/C11H15NO4/c1-8(2)15-9-6-4-5-7-10(9)16-11(13)12-14-3/h4-8H,1-3H3,(H,12,13). The second-order valence-corrected chi connectivity index (χ2v) is 3.31. The van der Waals surface area contributed by atoms with Crippen molar-refractivity contribution >= 4 is 6.09 Å². The van der Waals surface area contributed by atoms with Crippen LogP contribution in [-0.2, 0) is 4.84 Å². The molecule has 0 aliphatic carbocycles. The van der Waals surface area contributed by atoms with Crippen LogP contribution in [-0.4, -0.2) is 19.3 Å². The molecule has 1 rings (SSSR count). The number of carbonyl (C=O) groups is 1. The maximum atomic E-state index is 11.1. The van der Waals surface area contributed by atoms with Crippen molar-refractivity contribution in [2.75, 3.05) is 7.11 Å². The largest absolute Gasteiger partial charge is 0.487 e. The molecule has 0 unspecified atom stereocenters. The van der Waals surface area contributed by atoms with E-state index in [1.807, 2.05) is 13.8 Å². The first-order valence-corrected chi connectivity index (χ1v) is 4.90. The Morgan fingerprint density at radius 1 is 1.25 bits per heavy atom. The van der Waals surface area contributed by atoms with Gasteiger partial charge in [-0.2, -0.15) is 5.48 Å². The number of amides is 1. The van der Waals surface area contributed by atoms with Crippen LogP contribution in [0.5, 0.6) is 11.5 Å². The lowest BCUT2D eigenvalue weighted by molar-refractivity contribution is 0.0835. The highest BCUT2D eigenvalue weighted by molar-refractivity contribution is 5.70. The molecule has 16 heavy (non-hydrogen) atoms. The molecule has 0 saturated carbocycles. The molecule has 1 aromatic rings. The van der Waals surface area contributed by atoms with E-state index in [1.165, 1.54) is 7.11 Å². The summed E-state index contributed by atoms with van der Waals surface area (Å²) in [4.78, 5) is 15.6. The molecule has 1 aromatic carbocycles. The quantitative estimate of drug-likeness (QED) is 0.797. The maximum absolute atomic E-state index is 11.1. The van der Waals surface area contributed by atoms with Crippen molar-refractivity contribution in [2.45, 2.75) is 20.0 Å². The first-order chi connectivity index (χ1) is 7.63. The zero-order valence-electron chi connectivity index (χ0n) is 9.52. The minimum absolute atomic E-state index is 0.00948. The van der Waals surface area contributed by atoms with Gasteiger partial charge in [0, 0.05) is 0 Å². The third kappa shape index (κ3) is 3.78. The molecule has 88 valence electrons.